The highest BCUT2D eigenvalue weighted by molar-refractivity contribution is 5.79. The predicted octanol–water partition coefficient (Wildman–Crippen LogP) is 2.86. The predicted molar refractivity (Wildman–Crippen MR) is 120 cm³/mol. The number of nitrogens with one attached hydrogen (secondary N) is 2. The van der Waals surface area contributed by atoms with Gasteiger partial charge in [0.1, 0.15) is 18.1 Å². The lowest BCUT2D eigenvalue weighted by atomic mass is 10.1. The third kappa shape index (κ3) is 6.62. The highest BCUT2D eigenvalue weighted by Crippen LogP contribution is 2.27. The number of pyridine rings is 1. The van der Waals surface area contributed by atoms with Crippen molar-refractivity contribution in [1.29, 1.82) is 0 Å². The van der Waals surface area contributed by atoms with Gasteiger partial charge in [-0.3, -0.25) is 14.9 Å². The largest absolute Gasteiger partial charge is 0.497 e. The molecule has 30 heavy (non-hydrogen) atoms. The third-order valence-electron chi connectivity index (χ3n) is 5.15. The maximum absolute atomic E-state index is 5.70. The number of guanidine groups is 1. The number of hydrogen-bond donors (Lipinski definition) is 2. The Morgan fingerprint density at radius 2 is 1.93 bits per heavy atom. The second-order valence-corrected chi connectivity index (χ2v) is 7.22. The van der Waals surface area contributed by atoms with E-state index in [0.717, 1.165) is 37.1 Å². The quantitative estimate of drug-likeness (QED) is 0.356. The number of aliphatic imine (C=N–C) groups is 1. The number of methoxy groups -OCH3 is 1. The zero-order chi connectivity index (χ0) is 21.0. The third-order valence-corrected chi connectivity index (χ3v) is 5.15. The van der Waals surface area contributed by atoms with E-state index in [2.05, 4.69) is 39.6 Å². The smallest absolute Gasteiger partial charge is 0.191 e. The molecule has 2 N–H and O–H groups in total. The fraction of sp³-hybridized carbons (Fsp3) is 0.478. The van der Waals surface area contributed by atoms with E-state index in [0.29, 0.717) is 19.7 Å². The van der Waals surface area contributed by atoms with Crippen LogP contribution in [0.2, 0.25) is 0 Å². The number of aromatic nitrogens is 1. The molecule has 2 aromatic rings. The molecule has 1 unspecified atom stereocenters. The molecule has 1 aromatic carbocycles. The summed E-state index contributed by atoms with van der Waals surface area (Å²) in [6.07, 6.45) is 5.95. The Morgan fingerprint density at radius 1 is 1.13 bits per heavy atom. The van der Waals surface area contributed by atoms with Crippen molar-refractivity contribution in [2.75, 3.05) is 46.4 Å². The number of rotatable bonds is 10. The molecule has 1 atom stereocenters. The maximum Gasteiger partial charge on any atom is 0.191 e. The zero-order valence-corrected chi connectivity index (χ0v) is 18.0. The molecule has 0 spiro atoms. The molecule has 3 rings (SSSR count). The first-order valence-corrected chi connectivity index (χ1v) is 10.7. The van der Waals surface area contributed by atoms with E-state index in [1.165, 1.54) is 18.4 Å². The number of hydrogen-bond acceptors (Lipinski definition) is 5. The van der Waals surface area contributed by atoms with E-state index in [1.54, 1.807) is 19.5 Å². The summed E-state index contributed by atoms with van der Waals surface area (Å²) in [6, 6.07) is 12.4. The van der Waals surface area contributed by atoms with Crippen molar-refractivity contribution in [3.8, 4) is 11.5 Å². The Hall–Kier alpha value is -2.80. The fourth-order valence-corrected chi connectivity index (χ4v) is 3.60. The Kier molecular flexibility index (Phi) is 8.78. The van der Waals surface area contributed by atoms with Gasteiger partial charge in [-0.05, 0) is 62.7 Å². The van der Waals surface area contributed by atoms with Crippen LogP contribution in [0.25, 0.3) is 0 Å². The number of nitrogens with zero attached hydrogens (tertiary/aromatic N) is 3. The van der Waals surface area contributed by atoms with E-state index >= 15 is 0 Å². The van der Waals surface area contributed by atoms with Gasteiger partial charge >= 0.3 is 0 Å². The lowest BCUT2D eigenvalue weighted by Crippen LogP contribution is -2.40. The Balaban J connectivity index is 1.59. The van der Waals surface area contributed by atoms with E-state index < -0.39 is 0 Å². The molecular formula is C23H33N5O2. The van der Waals surface area contributed by atoms with Gasteiger partial charge in [0.25, 0.3) is 0 Å². The van der Waals surface area contributed by atoms with Crippen LogP contribution in [0.4, 0.5) is 0 Å². The second-order valence-electron chi connectivity index (χ2n) is 7.22. The number of benzene rings is 1. The van der Waals surface area contributed by atoms with Gasteiger partial charge in [-0.25, -0.2) is 0 Å². The maximum atomic E-state index is 5.70. The standard InChI is InChI=1S/C23H33N5O2/c1-3-25-23(26-13-16-30-21-7-6-12-24-17-21)27-18-22(28-14-4-5-15-28)19-8-10-20(29-2)11-9-19/h6-12,17,22H,3-5,13-16,18H2,1-2H3,(H2,25,26,27). The monoisotopic (exact) mass is 411 g/mol. The van der Waals surface area contributed by atoms with E-state index in [1.807, 2.05) is 24.3 Å². The summed E-state index contributed by atoms with van der Waals surface area (Å²) in [6.45, 7) is 7.04. The summed E-state index contributed by atoms with van der Waals surface area (Å²) in [5.74, 6) is 2.46. The molecule has 0 saturated carbocycles. The Bertz CT molecular complexity index is 761. The van der Waals surface area contributed by atoms with E-state index in [4.69, 9.17) is 14.5 Å². The zero-order valence-electron chi connectivity index (χ0n) is 18.0. The van der Waals surface area contributed by atoms with Crippen molar-refractivity contribution >= 4 is 5.96 Å². The fourth-order valence-electron chi connectivity index (χ4n) is 3.60. The van der Waals surface area contributed by atoms with Crippen LogP contribution in [0.5, 0.6) is 11.5 Å². The van der Waals surface area contributed by atoms with Crippen LogP contribution in [0.3, 0.4) is 0 Å². The van der Waals surface area contributed by atoms with Crippen LogP contribution in [0.15, 0.2) is 53.8 Å². The minimum absolute atomic E-state index is 0.264. The molecule has 1 aliphatic heterocycles. The molecular weight excluding hydrogens is 378 g/mol. The minimum atomic E-state index is 0.264. The van der Waals surface area contributed by atoms with Crippen molar-refractivity contribution in [1.82, 2.24) is 20.5 Å². The Morgan fingerprint density at radius 3 is 2.60 bits per heavy atom. The summed E-state index contributed by atoms with van der Waals surface area (Å²) in [5, 5.41) is 6.69. The van der Waals surface area contributed by atoms with Gasteiger partial charge in [0, 0.05) is 12.7 Å². The first-order chi connectivity index (χ1) is 14.8. The number of ether oxygens (including phenoxy) is 2. The molecule has 7 heteroatoms. The molecule has 7 nitrogen and oxygen atoms in total. The van der Waals surface area contributed by atoms with Crippen molar-refractivity contribution in [3.05, 3.63) is 54.4 Å². The molecule has 1 saturated heterocycles. The molecule has 1 fully saturated rings. The van der Waals surface area contributed by atoms with Gasteiger partial charge in [-0.1, -0.05) is 12.1 Å². The summed E-state index contributed by atoms with van der Waals surface area (Å²) in [7, 11) is 1.70. The first-order valence-electron chi connectivity index (χ1n) is 10.7. The van der Waals surface area contributed by atoms with Crippen LogP contribution in [0, 0.1) is 0 Å². The normalized spacial score (nSPS) is 15.6. The summed E-state index contributed by atoms with van der Waals surface area (Å²) >= 11 is 0. The SMILES string of the molecule is CCNC(=NCC(c1ccc(OC)cc1)N1CCCC1)NCCOc1cccnc1. The molecule has 2 heterocycles. The van der Waals surface area contributed by atoms with Crippen LogP contribution < -0.4 is 20.1 Å². The van der Waals surface area contributed by atoms with Gasteiger partial charge in [0.2, 0.25) is 0 Å². The molecule has 0 amide bonds. The van der Waals surface area contributed by atoms with Gasteiger partial charge in [0.05, 0.1) is 32.4 Å². The first kappa shape index (κ1) is 21.9. The van der Waals surface area contributed by atoms with Crippen molar-refractivity contribution in [3.63, 3.8) is 0 Å². The van der Waals surface area contributed by atoms with Crippen LogP contribution in [0.1, 0.15) is 31.4 Å². The highest BCUT2D eigenvalue weighted by atomic mass is 16.5. The van der Waals surface area contributed by atoms with Crippen LogP contribution in [-0.4, -0.2) is 62.3 Å². The molecule has 162 valence electrons. The summed E-state index contributed by atoms with van der Waals surface area (Å²) in [5.41, 5.74) is 1.28. The molecule has 1 aliphatic rings. The average molecular weight is 412 g/mol. The topological polar surface area (TPSA) is 71.0 Å². The van der Waals surface area contributed by atoms with Crippen molar-refractivity contribution < 1.29 is 9.47 Å². The highest BCUT2D eigenvalue weighted by Gasteiger charge is 2.23. The van der Waals surface area contributed by atoms with Gasteiger partial charge in [-0.15, -0.1) is 0 Å². The molecule has 1 aromatic heterocycles. The summed E-state index contributed by atoms with van der Waals surface area (Å²) < 4.78 is 11.0. The van der Waals surface area contributed by atoms with E-state index in [-0.39, 0.29) is 6.04 Å². The van der Waals surface area contributed by atoms with Gasteiger partial charge in [0.15, 0.2) is 5.96 Å². The van der Waals surface area contributed by atoms with Gasteiger partial charge in [-0.2, -0.15) is 0 Å². The lowest BCUT2D eigenvalue weighted by Gasteiger charge is -2.27. The van der Waals surface area contributed by atoms with Crippen LogP contribution in [-0.2, 0) is 0 Å². The molecule has 0 bridgehead atoms. The Labute approximate surface area is 179 Å². The van der Waals surface area contributed by atoms with Crippen LogP contribution >= 0.6 is 0 Å². The molecule has 0 aliphatic carbocycles. The average Bonchev–Trinajstić information content (AvgIpc) is 3.32. The second kappa shape index (κ2) is 12.0. The number of likely N-dealkylation sites (tertiary alicyclic amines) is 1. The van der Waals surface area contributed by atoms with Crippen molar-refractivity contribution in [2.45, 2.75) is 25.8 Å². The lowest BCUT2D eigenvalue weighted by molar-refractivity contribution is 0.251. The molecule has 0 radical (unpaired) electrons. The van der Waals surface area contributed by atoms with Gasteiger partial charge < -0.3 is 20.1 Å². The van der Waals surface area contributed by atoms with Crippen molar-refractivity contribution in [2.24, 2.45) is 4.99 Å². The summed E-state index contributed by atoms with van der Waals surface area (Å²) in [4.78, 5) is 11.5. The minimum Gasteiger partial charge on any atom is -0.497 e. The van der Waals surface area contributed by atoms with E-state index in [9.17, 15) is 0 Å².